The monoisotopic (exact) mass is 519 g/mol. The number of anilines is 4. The number of methoxy groups -OCH3 is 1. The summed E-state index contributed by atoms with van der Waals surface area (Å²) in [5.74, 6) is 7.68. The van der Waals surface area contributed by atoms with Gasteiger partial charge < -0.3 is 25.2 Å². The highest BCUT2D eigenvalue weighted by molar-refractivity contribution is 6.04. The van der Waals surface area contributed by atoms with Crippen molar-refractivity contribution < 1.29 is 14.3 Å². The minimum Gasteiger partial charge on any atom is -0.495 e. The molecule has 1 fully saturated rings. The van der Waals surface area contributed by atoms with E-state index in [1.165, 1.54) is 0 Å². The summed E-state index contributed by atoms with van der Waals surface area (Å²) in [6, 6.07) is 5.03. The van der Waals surface area contributed by atoms with Gasteiger partial charge in [-0.15, -0.1) is 5.92 Å². The van der Waals surface area contributed by atoms with E-state index in [9.17, 15) is 9.59 Å². The van der Waals surface area contributed by atoms with Gasteiger partial charge in [-0.3, -0.25) is 14.5 Å². The number of ether oxygens (including phenoxy) is 1. The van der Waals surface area contributed by atoms with Crippen LogP contribution in [-0.2, 0) is 4.79 Å². The predicted octanol–water partition coefficient (Wildman–Crippen LogP) is 3.03. The number of fused-ring (bicyclic) bond motifs is 1. The molecule has 2 amide bonds. The van der Waals surface area contributed by atoms with E-state index in [1.807, 2.05) is 20.8 Å². The number of aromatic nitrogens is 2. The van der Waals surface area contributed by atoms with Crippen LogP contribution < -0.4 is 25.2 Å². The number of nitrogens with one attached hydrogen (secondary N) is 2. The summed E-state index contributed by atoms with van der Waals surface area (Å²) >= 11 is 0. The second kappa shape index (κ2) is 12.1. The summed E-state index contributed by atoms with van der Waals surface area (Å²) < 4.78 is 5.55. The van der Waals surface area contributed by atoms with Crippen LogP contribution in [0.15, 0.2) is 24.4 Å². The SMILES string of the molecule is CC#CCN1CCCC(N2c3nc(Nc4ccc(C(=O)NCC)cc4OC)ncc3N(C)C(=O)[C@H]2CC)C1. The molecular weight excluding hydrogens is 482 g/mol. The van der Waals surface area contributed by atoms with Crippen LogP contribution in [0, 0.1) is 11.8 Å². The van der Waals surface area contributed by atoms with Gasteiger partial charge in [0.2, 0.25) is 11.9 Å². The van der Waals surface area contributed by atoms with Crippen molar-refractivity contribution in [2.75, 3.05) is 55.5 Å². The highest BCUT2D eigenvalue weighted by Crippen LogP contribution is 2.38. The van der Waals surface area contributed by atoms with Gasteiger partial charge in [0.25, 0.3) is 5.91 Å². The van der Waals surface area contributed by atoms with E-state index in [0.717, 1.165) is 38.3 Å². The lowest BCUT2D eigenvalue weighted by Gasteiger charge is -2.47. The number of hydrogen-bond donors (Lipinski definition) is 2. The molecule has 2 aliphatic rings. The molecule has 10 nitrogen and oxygen atoms in total. The van der Waals surface area contributed by atoms with Crippen molar-refractivity contribution in [3.05, 3.63) is 30.0 Å². The van der Waals surface area contributed by atoms with Crippen molar-refractivity contribution in [2.45, 2.75) is 52.1 Å². The molecule has 1 unspecified atom stereocenters. The van der Waals surface area contributed by atoms with Gasteiger partial charge in [0.05, 0.1) is 25.5 Å². The second-order valence-corrected chi connectivity index (χ2v) is 9.49. The summed E-state index contributed by atoms with van der Waals surface area (Å²) in [7, 11) is 3.34. The quantitative estimate of drug-likeness (QED) is 0.513. The molecule has 1 aromatic carbocycles. The Morgan fingerprint density at radius 3 is 2.82 bits per heavy atom. The first-order valence-corrected chi connectivity index (χ1v) is 13.2. The Kier molecular flexibility index (Phi) is 8.69. The summed E-state index contributed by atoms with van der Waals surface area (Å²) in [6.07, 6.45) is 4.38. The fraction of sp³-hybridized carbons (Fsp3) is 0.500. The van der Waals surface area contributed by atoms with Crippen LogP contribution in [0.2, 0.25) is 0 Å². The molecule has 0 aliphatic carbocycles. The Morgan fingerprint density at radius 1 is 1.29 bits per heavy atom. The topological polar surface area (TPSA) is 103 Å². The molecule has 202 valence electrons. The molecule has 4 rings (SSSR count). The number of likely N-dealkylation sites (tertiary alicyclic amines) is 1. The minimum atomic E-state index is -0.302. The average molecular weight is 520 g/mol. The smallest absolute Gasteiger partial charge is 0.251 e. The molecule has 1 aromatic heterocycles. The summed E-state index contributed by atoms with van der Waals surface area (Å²) in [4.78, 5) is 41.3. The van der Waals surface area contributed by atoms with E-state index in [2.05, 4.69) is 37.3 Å². The lowest BCUT2D eigenvalue weighted by molar-refractivity contribution is -0.120. The minimum absolute atomic E-state index is 0.0531. The summed E-state index contributed by atoms with van der Waals surface area (Å²) in [5, 5.41) is 6.05. The van der Waals surface area contributed by atoms with Crippen LogP contribution in [0.1, 0.15) is 50.4 Å². The number of carbonyl (C=O) groups is 2. The maximum atomic E-state index is 13.3. The third-order valence-electron chi connectivity index (χ3n) is 7.10. The van der Waals surface area contributed by atoms with E-state index in [-0.39, 0.29) is 23.9 Å². The Bertz CT molecular complexity index is 1240. The van der Waals surface area contributed by atoms with Crippen molar-refractivity contribution in [1.29, 1.82) is 0 Å². The standard InChI is InChI=1S/C28H37N7O3/c1-6-9-14-34-15-10-11-20(18-34)35-22(7-2)27(37)33(4)23-17-30-28(32-25(23)35)31-21-13-12-19(16-24(21)38-5)26(36)29-8-3/h12-13,16-17,20,22H,7-8,10-11,14-15,18H2,1-5H3,(H,29,36)(H,30,31,32)/t20?,22-/m1/s1. The van der Waals surface area contributed by atoms with Crippen LogP contribution in [0.5, 0.6) is 5.75 Å². The molecule has 2 N–H and O–H groups in total. The zero-order valence-corrected chi connectivity index (χ0v) is 22.9. The molecule has 3 heterocycles. The van der Waals surface area contributed by atoms with E-state index in [0.29, 0.717) is 41.6 Å². The first kappa shape index (κ1) is 27.2. The maximum Gasteiger partial charge on any atom is 0.251 e. The predicted molar refractivity (Wildman–Crippen MR) is 149 cm³/mol. The molecule has 38 heavy (non-hydrogen) atoms. The lowest BCUT2D eigenvalue weighted by atomic mass is 9.98. The molecule has 0 radical (unpaired) electrons. The average Bonchev–Trinajstić information content (AvgIpc) is 2.94. The summed E-state index contributed by atoms with van der Waals surface area (Å²) in [5.41, 5.74) is 1.84. The highest BCUT2D eigenvalue weighted by Gasteiger charge is 2.41. The first-order valence-electron chi connectivity index (χ1n) is 13.2. The fourth-order valence-corrected chi connectivity index (χ4v) is 5.17. The number of likely N-dealkylation sites (N-methyl/N-ethyl adjacent to an activating group) is 1. The van der Waals surface area contributed by atoms with Crippen molar-refractivity contribution in [2.24, 2.45) is 0 Å². The highest BCUT2D eigenvalue weighted by atomic mass is 16.5. The van der Waals surface area contributed by atoms with E-state index < -0.39 is 0 Å². The van der Waals surface area contributed by atoms with E-state index >= 15 is 0 Å². The third-order valence-corrected chi connectivity index (χ3v) is 7.10. The lowest BCUT2D eigenvalue weighted by Crippen LogP contribution is -2.59. The zero-order valence-electron chi connectivity index (χ0n) is 22.9. The van der Waals surface area contributed by atoms with Gasteiger partial charge in [0.15, 0.2) is 5.82 Å². The number of hydrogen-bond acceptors (Lipinski definition) is 8. The Balaban J connectivity index is 1.68. The number of carbonyl (C=O) groups excluding carboxylic acids is 2. The van der Waals surface area contributed by atoms with Crippen LogP contribution in [0.25, 0.3) is 0 Å². The van der Waals surface area contributed by atoms with Crippen molar-refractivity contribution in [3.63, 3.8) is 0 Å². The van der Waals surface area contributed by atoms with E-state index in [1.54, 1.807) is 43.5 Å². The van der Waals surface area contributed by atoms with Gasteiger partial charge in [0, 0.05) is 31.7 Å². The largest absolute Gasteiger partial charge is 0.495 e. The van der Waals surface area contributed by atoms with Crippen molar-refractivity contribution in [3.8, 4) is 17.6 Å². The van der Waals surface area contributed by atoms with Gasteiger partial charge in [-0.1, -0.05) is 12.8 Å². The number of benzene rings is 1. The molecule has 0 spiro atoms. The Hall–Kier alpha value is -3.84. The molecule has 2 aromatic rings. The van der Waals surface area contributed by atoms with Gasteiger partial charge in [-0.05, 0) is 57.9 Å². The van der Waals surface area contributed by atoms with Gasteiger partial charge >= 0.3 is 0 Å². The molecule has 0 saturated carbocycles. The van der Waals surface area contributed by atoms with Crippen molar-refractivity contribution >= 4 is 35.0 Å². The molecule has 2 atom stereocenters. The molecule has 1 saturated heterocycles. The van der Waals surface area contributed by atoms with Crippen LogP contribution in [-0.4, -0.2) is 79.1 Å². The molecule has 0 bridgehead atoms. The number of amides is 2. The van der Waals surface area contributed by atoms with Crippen LogP contribution in [0.3, 0.4) is 0 Å². The normalized spacial score (nSPS) is 19.3. The molecular formula is C28H37N7O3. The molecule has 10 heteroatoms. The zero-order chi connectivity index (χ0) is 27.2. The van der Waals surface area contributed by atoms with Crippen LogP contribution in [0.4, 0.5) is 23.1 Å². The van der Waals surface area contributed by atoms with Crippen molar-refractivity contribution in [1.82, 2.24) is 20.2 Å². The first-order chi connectivity index (χ1) is 18.4. The molecule has 2 aliphatic heterocycles. The Labute approximate surface area is 224 Å². The Morgan fingerprint density at radius 2 is 2.11 bits per heavy atom. The third kappa shape index (κ3) is 5.53. The maximum absolute atomic E-state index is 13.3. The van der Waals surface area contributed by atoms with E-state index in [4.69, 9.17) is 9.72 Å². The van der Waals surface area contributed by atoms with Crippen LogP contribution >= 0.6 is 0 Å². The number of rotatable bonds is 8. The number of nitrogens with zero attached hydrogens (tertiary/aromatic N) is 5. The van der Waals surface area contributed by atoms with Gasteiger partial charge in [-0.25, -0.2) is 4.98 Å². The number of piperidine rings is 1. The fourth-order valence-electron chi connectivity index (χ4n) is 5.17. The van der Waals surface area contributed by atoms with Gasteiger partial charge in [0.1, 0.15) is 17.5 Å². The summed E-state index contributed by atoms with van der Waals surface area (Å²) in [6.45, 7) is 8.86. The second-order valence-electron chi connectivity index (χ2n) is 9.49. The van der Waals surface area contributed by atoms with Gasteiger partial charge in [-0.2, -0.15) is 4.98 Å².